The van der Waals surface area contributed by atoms with E-state index in [2.05, 4.69) is 15.0 Å². The first-order valence-electron chi connectivity index (χ1n) is 9.28. The van der Waals surface area contributed by atoms with Crippen LogP contribution in [0.5, 0.6) is 0 Å². The van der Waals surface area contributed by atoms with Gasteiger partial charge in [0.05, 0.1) is 28.6 Å². The molecule has 1 N–H and O–H groups in total. The molecule has 1 saturated carbocycles. The van der Waals surface area contributed by atoms with Crippen molar-refractivity contribution in [1.29, 1.82) is 0 Å². The van der Waals surface area contributed by atoms with E-state index in [1.165, 1.54) is 26.1 Å². The second-order valence-corrected chi connectivity index (χ2v) is 7.84. The SMILES string of the molecule is COC(=O)c1ccc(NC(=O)C(CC2CCCC2)c2ccc(Cl)c(Cl)c2)nc1. The van der Waals surface area contributed by atoms with Gasteiger partial charge in [-0.2, -0.15) is 0 Å². The normalized spacial score (nSPS) is 15.2. The number of pyridine rings is 1. The second kappa shape index (κ2) is 9.39. The van der Waals surface area contributed by atoms with Crippen molar-refractivity contribution in [3.63, 3.8) is 0 Å². The maximum atomic E-state index is 13.1. The van der Waals surface area contributed by atoms with Gasteiger partial charge in [0.15, 0.2) is 0 Å². The summed E-state index contributed by atoms with van der Waals surface area (Å²) in [6.45, 7) is 0. The number of halogens is 2. The first-order valence-corrected chi connectivity index (χ1v) is 10.0. The van der Waals surface area contributed by atoms with Crippen molar-refractivity contribution < 1.29 is 14.3 Å². The molecule has 0 radical (unpaired) electrons. The van der Waals surface area contributed by atoms with Gasteiger partial charge >= 0.3 is 5.97 Å². The molecular weight excluding hydrogens is 399 g/mol. The van der Waals surface area contributed by atoms with E-state index in [1.54, 1.807) is 24.3 Å². The fourth-order valence-corrected chi connectivity index (χ4v) is 3.93. The number of hydrogen-bond acceptors (Lipinski definition) is 4. The quantitative estimate of drug-likeness (QED) is 0.628. The first kappa shape index (κ1) is 20.6. The van der Waals surface area contributed by atoms with E-state index in [9.17, 15) is 9.59 Å². The highest BCUT2D eigenvalue weighted by molar-refractivity contribution is 6.42. The molecule has 7 heteroatoms. The topological polar surface area (TPSA) is 68.3 Å². The molecule has 0 aliphatic heterocycles. The summed E-state index contributed by atoms with van der Waals surface area (Å²) in [4.78, 5) is 28.7. The Kier molecular flexibility index (Phi) is 6.92. The number of ether oxygens (including phenoxy) is 1. The molecular formula is C21H22Cl2N2O3. The third kappa shape index (κ3) is 5.03. The molecule has 1 fully saturated rings. The van der Waals surface area contributed by atoms with Crippen LogP contribution in [0.4, 0.5) is 5.82 Å². The number of hydrogen-bond donors (Lipinski definition) is 1. The molecule has 1 heterocycles. The average molecular weight is 421 g/mol. The Hall–Kier alpha value is -2.11. The fourth-order valence-electron chi connectivity index (χ4n) is 3.62. The van der Waals surface area contributed by atoms with Crippen molar-refractivity contribution in [3.8, 4) is 0 Å². The summed E-state index contributed by atoms with van der Waals surface area (Å²) in [6, 6.07) is 8.49. The third-order valence-corrected chi connectivity index (χ3v) is 5.88. The van der Waals surface area contributed by atoms with Gasteiger partial charge in [-0.05, 0) is 42.2 Å². The van der Waals surface area contributed by atoms with E-state index in [-0.39, 0.29) is 11.8 Å². The number of anilines is 1. The molecule has 1 aromatic heterocycles. The number of esters is 1. The van der Waals surface area contributed by atoms with Gasteiger partial charge in [-0.1, -0.05) is 55.0 Å². The number of aromatic nitrogens is 1. The fraction of sp³-hybridized carbons (Fsp3) is 0.381. The van der Waals surface area contributed by atoms with Gasteiger partial charge in [0, 0.05) is 6.20 Å². The maximum absolute atomic E-state index is 13.1. The summed E-state index contributed by atoms with van der Waals surface area (Å²) in [7, 11) is 1.31. The number of rotatable bonds is 6. The van der Waals surface area contributed by atoms with Gasteiger partial charge in [-0.3, -0.25) is 4.79 Å². The van der Waals surface area contributed by atoms with Crippen LogP contribution in [0.2, 0.25) is 10.0 Å². The summed E-state index contributed by atoms with van der Waals surface area (Å²) in [5.74, 6) is -0.0714. The van der Waals surface area contributed by atoms with Gasteiger partial charge in [-0.15, -0.1) is 0 Å². The van der Waals surface area contributed by atoms with Crippen LogP contribution in [0.1, 0.15) is 53.9 Å². The summed E-state index contributed by atoms with van der Waals surface area (Å²) in [5, 5.41) is 3.75. The molecule has 3 rings (SSSR count). The molecule has 1 amide bonds. The predicted molar refractivity (Wildman–Crippen MR) is 110 cm³/mol. The van der Waals surface area contributed by atoms with Crippen LogP contribution in [0.3, 0.4) is 0 Å². The highest BCUT2D eigenvalue weighted by Crippen LogP contribution is 2.36. The molecule has 5 nitrogen and oxygen atoms in total. The highest BCUT2D eigenvalue weighted by atomic mass is 35.5. The number of nitrogens with one attached hydrogen (secondary N) is 1. The first-order chi connectivity index (χ1) is 13.5. The van der Waals surface area contributed by atoms with Crippen molar-refractivity contribution in [1.82, 2.24) is 4.98 Å². The Labute approximate surface area is 174 Å². The molecule has 2 aromatic rings. The molecule has 1 unspecified atom stereocenters. The monoisotopic (exact) mass is 420 g/mol. The van der Waals surface area contributed by atoms with Gasteiger partial charge in [0.1, 0.15) is 5.82 Å². The lowest BCUT2D eigenvalue weighted by Crippen LogP contribution is -2.23. The molecule has 1 aliphatic rings. The molecule has 1 aromatic carbocycles. The zero-order chi connectivity index (χ0) is 20.1. The van der Waals surface area contributed by atoms with Crippen LogP contribution < -0.4 is 5.32 Å². The number of amides is 1. The number of carbonyl (C=O) groups is 2. The van der Waals surface area contributed by atoms with Crippen molar-refractivity contribution in [2.75, 3.05) is 12.4 Å². The van der Waals surface area contributed by atoms with Crippen LogP contribution in [0.25, 0.3) is 0 Å². The Morgan fingerprint density at radius 1 is 1.18 bits per heavy atom. The lowest BCUT2D eigenvalue weighted by Gasteiger charge is -2.21. The molecule has 1 atom stereocenters. The van der Waals surface area contributed by atoms with E-state index in [1.807, 2.05) is 6.07 Å². The van der Waals surface area contributed by atoms with Gasteiger partial charge in [0.25, 0.3) is 0 Å². The number of methoxy groups -OCH3 is 1. The maximum Gasteiger partial charge on any atom is 0.339 e. The van der Waals surface area contributed by atoms with E-state index in [4.69, 9.17) is 23.2 Å². The third-order valence-electron chi connectivity index (χ3n) is 5.14. The molecule has 0 saturated heterocycles. The molecule has 28 heavy (non-hydrogen) atoms. The summed E-state index contributed by atoms with van der Waals surface area (Å²) < 4.78 is 4.66. The summed E-state index contributed by atoms with van der Waals surface area (Å²) in [6.07, 6.45) is 6.82. The molecule has 0 spiro atoms. The number of carbonyl (C=O) groups excluding carboxylic acids is 2. The van der Waals surface area contributed by atoms with E-state index < -0.39 is 5.97 Å². The van der Waals surface area contributed by atoms with Crippen LogP contribution in [-0.4, -0.2) is 24.0 Å². The highest BCUT2D eigenvalue weighted by Gasteiger charge is 2.27. The van der Waals surface area contributed by atoms with Crippen molar-refractivity contribution in [2.45, 2.75) is 38.0 Å². The van der Waals surface area contributed by atoms with Crippen LogP contribution in [0, 0.1) is 5.92 Å². The van der Waals surface area contributed by atoms with Crippen molar-refractivity contribution >= 4 is 40.9 Å². The lowest BCUT2D eigenvalue weighted by atomic mass is 9.87. The zero-order valence-corrected chi connectivity index (χ0v) is 17.1. The number of benzene rings is 1. The second-order valence-electron chi connectivity index (χ2n) is 7.03. The Bertz CT molecular complexity index is 849. The predicted octanol–water partition coefficient (Wildman–Crippen LogP) is 5.48. The lowest BCUT2D eigenvalue weighted by molar-refractivity contribution is -0.118. The van der Waals surface area contributed by atoms with Crippen molar-refractivity contribution in [2.24, 2.45) is 5.92 Å². The molecule has 1 aliphatic carbocycles. The van der Waals surface area contributed by atoms with E-state index >= 15 is 0 Å². The Balaban J connectivity index is 1.79. The van der Waals surface area contributed by atoms with Crippen molar-refractivity contribution in [3.05, 3.63) is 57.7 Å². The number of nitrogens with zero attached hydrogens (tertiary/aromatic N) is 1. The van der Waals surface area contributed by atoms with Crippen LogP contribution >= 0.6 is 23.2 Å². The minimum Gasteiger partial charge on any atom is -0.465 e. The Morgan fingerprint density at radius 3 is 2.54 bits per heavy atom. The molecule has 148 valence electrons. The average Bonchev–Trinajstić information content (AvgIpc) is 3.21. The van der Waals surface area contributed by atoms with Gasteiger partial charge in [-0.25, -0.2) is 9.78 Å². The van der Waals surface area contributed by atoms with Crippen LogP contribution in [0.15, 0.2) is 36.5 Å². The molecule has 0 bridgehead atoms. The minimum atomic E-state index is -0.472. The summed E-state index contributed by atoms with van der Waals surface area (Å²) in [5.41, 5.74) is 1.16. The summed E-state index contributed by atoms with van der Waals surface area (Å²) >= 11 is 12.2. The van der Waals surface area contributed by atoms with Crippen LogP contribution in [-0.2, 0) is 9.53 Å². The smallest absolute Gasteiger partial charge is 0.339 e. The minimum absolute atomic E-state index is 0.149. The van der Waals surface area contributed by atoms with E-state index in [0.29, 0.717) is 27.3 Å². The Morgan fingerprint density at radius 2 is 1.93 bits per heavy atom. The standard InChI is InChI=1S/C21H22Cl2N2O3/c1-28-21(27)15-7-9-19(24-12-15)25-20(26)16(10-13-4-2-3-5-13)14-6-8-17(22)18(23)11-14/h6-9,11-13,16H,2-5,10H2,1H3,(H,24,25,26). The van der Waals surface area contributed by atoms with Gasteiger partial charge < -0.3 is 10.1 Å². The van der Waals surface area contributed by atoms with Gasteiger partial charge in [0.2, 0.25) is 5.91 Å². The zero-order valence-electron chi connectivity index (χ0n) is 15.6. The van der Waals surface area contributed by atoms with E-state index in [0.717, 1.165) is 24.8 Å². The largest absolute Gasteiger partial charge is 0.465 e.